The Bertz CT molecular complexity index is 1240. The van der Waals surface area contributed by atoms with Gasteiger partial charge in [-0.3, -0.25) is 9.59 Å². The molecule has 11 heteroatoms. The first kappa shape index (κ1) is 25.5. The van der Waals surface area contributed by atoms with Crippen molar-refractivity contribution in [3.63, 3.8) is 0 Å². The minimum Gasteiger partial charge on any atom is -0.506 e. The minimum atomic E-state index is -0.429. The van der Waals surface area contributed by atoms with Crippen molar-refractivity contribution in [2.45, 2.75) is 19.1 Å². The van der Waals surface area contributed by atoms with Crippen LogP contribution >= 0.6 is 38.6 Å². The fourth-order valence-corrected chi connectivity index (χ4v) is 5.90. The number of nitrogens with zero attached hydrogens (tertiary/aromatic N) is 2. The zero-order valence-corrected chi connectivity index (χ0v) is 22.5. The van der Waals surface area contributed by atoms with Crippen molar-refractivity contribution in [2.75, 3.05) is 27.3 Å². The van der Waals surface area contributed by atoms with Crippen LogP contribution in [0.4, 0.5) is 0 Å². The number of hydrogen-bond acceptors (Lipinski definition) is 8. The summed E-state index contributed by atoms with van der Waals surface area (Å²) in [5.41, 5.74) is 4.42. The second-order valence-corrected chi connectivity index (χ2v) is 10.8. The Kier molecular flexibility index (Phi) is 8.02. The number of thiophene rings is 2. The molecule has 3 aromatic rings. The first-order chi connectivity index (χ1) is 16.8. The first-order valence-corrected chi connectivity index (χ1v) is 13.2. The molecule has 2 aromatic heterocycles. The van der Waals surface area contributed by atoms with Crippen LogP contribution in [0.1, 0.15) is 31.8 Å². The van der Waals surface area contributed by atoms with Crippen LogP contribution in [0.3, 0.4) is 0 Å². The summed E-state index contributed by atoms with van der Waals surface area (Å²) >= 11 is 5.91. The predicted octanol–water partition coefficient (Wildman–Crippen LogP) is 4.58. The minimum absolute atomic E-state index is 0.117. The molecule has 4 rings (SSSR count). The lowest BCUT2D eigenvalue weighted by molar-refractivity contribution is -0.00461. The monoisotopic (exact) mass is 577 g/mol. The van der Waals surface area contributed by atoms with E-state index in [1.165, 1.54) is 11.3 Å². The third kappa shape index (κ3) is 5.49. The molecule has 2 N–H and O–H groups in total. The molecule has 1 aliphatic rings. The number of amides is 2. The summed E-state index contributed by atoms with van der Waals surface area (Å²) in [7, 11) is 3.19. The third-order valence-corrected chi connectivity index (χ3v) is 8.35. The lowest BCUT2D eigenvalue weighted by Gasteiger charge is -2.14. The van der Waals surface area contributed by atoms with E-state index in [1.54, 1.807) is 43.6 Å². The van der Waals surface area contributed by atoms with E-state index in [0.29, 0.717) is 34.1 Å². The number of methoxy groups -OCH3 is 2. The van der Waals surface area contributed by atoms with Crippen LogP contribution in [-0.2, 0) is 9.47 Å². The molecule has 0 radical (unpaired) electrons. The van der Waals surface area contributed by atoms with E-state index in [-0.39, 0.29) is 23.9 Å². The molecule has 184 valence electrons. The summed E-state index contributed by atoms with van der Waals surface area (Å²) in [5.74, 6) is -0.479. The Morgan fingerprint density at radius 3 is 2.34 bits per heavy atom. The Balaban J connectivity index is 1.41. The average Bonchev–Trinajstić information content (AvgIpc) is 3.60. The second kappa shape index (κ2) is 11.0. The van der Waals surface area contributed by atoms with Gasteiger partial charge in [-0.25, -0.2) is 5.43 Å². The van der Waals surface area contributed by atoms with Crippen LogP contribution < -0.4 is 5.43 Å². The molecule has 1 aromatic carbocycles. The van der Waals surface area contributed by atoms with Crippen LogP contribution in [0.5, 0.6) is 5.75 Å². The average molecular weight is 579 g/mol. The summed E-state index contributed by atoms with van der Waals surface area (Å²) in [6.45, 7) is 2.58. The standard InChI is InChI=1S/C24H24BrN3O5S2/c1-13(16-12-34-22(21(16)29)14-4-6-15(25)7-5-14)26-27-23(30)19-8-9-20(35-19)24(31)28-10-17(32-2)18(11-28)33-3/h4-9,12,17-18,29H,10-11H2,1-3H3,(H,27,30). The predicted molar refractivity (Wildman–Crippen MR) is 141 cm³/mol. The topological polar surface area (TPSA) is 100 Å². The van der Waals surface area contributed by atoms with Gasteiger partial charge in [0, 0.05) is 37.2 Å². The van der Waals surface area contributed by atoms with Gasteiger partial charge in [-0.1, -0.05) is 28.1 Å². The molecule has 2 atom stereocenters. The number of rotatable bonds is 7. The lowest BCUT2D eigenvalue weighted by atomic mass is 10.1. The zero-order valence-electron chi connectivity index (χ0n) is 19.3. The molecule has 8 nitrogen and oxygen atoms in total. The van der Waals surface area contributed by atoms with Crippen LogP contribution in [0, 0.1) is 0 Å². The molecule has 2 unspecified atom stereocenters. The van der Waals surface area contributed by atoms with Crippen LogP contribution in [0.25, 0.3) is 10.4 Å². The number of ether oxygens (including phenoxy) is 2. The number of aromatic hydroxyl groups is 1. The number of halogens is 1. The van der Waals surface area contributed by atoms with Gasteiger partial charge in [0.05, 0.1) is 25.9 Å². The number of carbonyl (C=O) groups is 2. The van der Waals surface area contributed by atoms with E-state index in [9.17, 15) is 14.7 Å². The van der Waals surface area contributed by atoms with Gasteiger partial charge in [-0.15, -0.1) is 22.7 Å². The van der Waals surface area contributed by atoms with E-state index < -0.39 is 5.91 Å². The van der Waals surface area contributed by atoms with Crippen molar-refractivity contribution in [1.82, 2.24) is 10.3 Å². The van der Waals surface area contributed by atoms with Gasteiger partial charge in [0.2, 0.25) is 0 Å². The van der Waals surface area contributed by atoms with Gasteiger partial charge in [-0.2, -0.15) is 5.10 Å². The summed E-state index contributed by atoms with van der Waals surface area (Å²) < 4.78 is 11.7. The SMILES string of the molecule is COC1CN(C(=O)c2ccc(C(=O)NN=C(C)c3csc(-c4ccc(Br)cc4)c3O)s2)CC1OC. The van der Waals surface area contributed by atoms with Gasteiger partial charge in [-0.05, 0) is 36.8 Å². The molecular formula is C24H24BrN3O5S2. The molecule has 0 spiro atoms. The number of nitrogens with one attached hydrogen (secondary N) is 1. The van der Waals surface area contributed by atoms with Crippen molar-refractivity contribution >= 4 is 56.1 Å². The fourth-order valence-electron chi connectivity index (χ4n) is 3.76. The van der Waals surface area contributed by atoms with Crippen molar-refractivity contribution < 1.29 is 24.2 Å². The summed E-state index contributed by atoms with van der Waals surface area (Å²) in [6, 6.07) is 10.9. The second-order valence-electron chi connectivity index (χ2n) is 7.89. The van der Waals surface area contributed by atoms with Crippen molar-refractivity contribution in [3.05, 3.63) is 61.6 Å². The maximum Gasteiger partial charge on any atom is 0.281 e. The Morgan fingerprint density at radius 2 is 1.71 bits per heavy atom. The number of carbonyl (C=O) groups excluding carboxylic acids is 2. The van der Waals surface area contributed by atoms with E-state index in [1.807, 2.05) is 24.3 Å². The van der Waals surface area contributed by atoms with Gasteiger partial charge >= 0.3 is 0 Å². The Morgan fingerprint density at radius 1 is 1.09 bits per heavy atom. The highest BCUT2D eigenvalue weighted by atomic mass is 79.9. The summed E-state index contributed by atoms with van der Waals surface area (Å²) in [5, 5.41) is 16.7. The van der Waals surface area contributed by atoms with Gasteiger partial charge in [0.25, 0.3) is 11.8 Å². The highest BCUT2D eigenvalue weighted by Gasteiger charge is 2.36. The van der Waals surface area contributed by atoms with Gasteiger partial charge in [0.1, 0.15) is 18.0 Å². The molecule has 1 saturated heterocycles. The first-order valence-electron chi connectivity index (χ1n) is 10.7. The largest absolute Gasteiger partial charge is 0.506 e. The van der Waals surface area contributed by atoms with Crippen LogP contribution in [0.2, 0.25) is 0 Å². The zero-order chi connectivity index (χ0) is 25.1. The van der Waals surface area contributed by atoms with Crippen molar-refractivity contribution in [1.29, 1.82) is 0 Å². The maximum atomic E-state index is 12.9. The normalized spacial score (nSPS) is 18.2. The quantitative estimate of drug-likeness (QED) is 0.316. The smallest absolute Gasteiger partial charge is 0.281 e. The van der Waals surface area contributed by atoms with E-state index in [2.05, 4.69) is 26.5 Å². The highest BCUT2D eigenvalue weighted by molar-refractivity contribution is 9.10. The number of likely N-dealkylation sites (tertiary alicyclic amines) is 1. The molecule has 3 heterocycles. The van der Waals surface area contributed by atoms with E-state index in [0.717, 1.165) is 26.3 Å². The number of benzene rings is 1. The molecule has 0 aliphatic carbocycles. The number of hydrazone groups is 1. The Labute approximate surface area is 219 Å². The molecule has 2 amide bonds. The molecular weight excluding hydrogens is 554 g/mol. The summed E-state index contributed by atoms with van der Waals surface area (Å²) in [6.07, 6.45) is -0.358. The summed E-state index contributed by atoms with van der Waals surface area (Å²) in [4.78, 5) is 28.7. The maximum absolute atomic E-state index is 12.9. The molecule has 0 bridgehead atoms. The lowest BCUT2D eigenvalue weighted by Crippen LogP contribution is -2.29. The molecule has 0 saturated carbocycles. The van der Waals surface area contributed by atoms with E-state index in [4.69, 9.17) is 9.47 Å². The van der Waals surface area contributed by atoms with Crippen LogP contribution in [-0.4, -0.2) is 67.0 Å². The van der Waals surface area contributed by atoms with Crippen molar-refractivity contribution in [2.24, 2.45) is 5.10 Å². The molecule has 1 aliphatic heterocycles. The van der Waals surface area contributed by atoms with Gasteiger partial charge < -0.3 is 19.5 Å². The molecule has 35 heavy (non-hydrogen) atoms. The highest BCUT2D eigenvalue weighted by Crippen LogP contribution is 2.39. The van der Waals surface area contributed by atoms with E-state index >= 15 is 0 Å². The van der Waals surface area contributed by atoms with Crippen LogP contribution in [0.15, 0.2) is 51.4 Å². The fraction of sp³-hybridized carbons (Fsp3) is 0.292. The number of hydrogen-bond donors (Lipinski definition) is 2. The Hall–Kier alpha value is -2.57. The van der Waals surface area contributed by atoms with Crippen molar-refractivity contribution in [3.8, 4) is 16.2 Å². The molecule has 1 fully saturated rings. The third-order valence-electron chi connectivity index (χ3n) is 5.73. The van der Waals surface area contributed by atoms with Gasteiger partial charge in [0.15, 0.2) is 0 Å².